The Hall–Kier alpha value is -0.320. The first-order valence-electron chi connectivity index (χ1n) is 8.04. The molecule has 0 bridgehead atoms. The molecular weight excluding hydrogens is 288 g/mol. The van der Waals surface area contributed by atoms with Crippen LogP contribution in [0, 0.1) is 0 Å². The maximum Gasteiger partial charge on any atom is 0.173 e. The lowest BCUT2D eigenvalue weighted by atomic mass is 9.84. The molecule has 9 atom stereocenters. The van der Waals surface area contributed by atoms with Crippen LogP contribution >= 0.6 is 0 Å². The Morgan fingerprint density at radius 3 is 2.41 bits per heavy atom. The van der Waals surface area contributed by atoms with Crippen molar-refractivity contribution in [2.24, 2.45) is 22.9 Å². The minimum atomic E-state index is -1.16. The average Bonchev–Trinajstić information content (AvgIpc) is 2.50. The molecule has 2 fully saturated rings. The highest BCUT2D eigenvalue weighted by atomic mass is 16.7. The third kappa shape index (κ3) is 3.77. The Balaban J connectivity index is 2.01. The summed E-state index contributed by atoms with van der Waals surface area (Å²) in [5.41, 5.74) is 23.8. The van der Waals surface area contributed by atoms with Crippen molar-refractivity contribution in [3.05, 3.63) is 0 Å². The topological polar surface area (TPSA) is 163 Å². The zero-order valence-electron chi connectivity index (χ0n) is 13.0. The van der Waals surface area contributed by atoms with E-state index in [9.17, 15) is 10.2 Å². The second kappa shape index (κ2) is 7.50. The van der Waals surface area contributed by atoms with E-state index in [-0.39, 0.29) is 18.2 Å². The number of aliphatic hydroxyl groups is 2. The van der Waals surface area contributed by atoms with E-state index >= 15 is 0 Å². The van der Waals surface area contributed by atoms with Crippen LogP contribution in [0.5, 0.6) is 0 Å². The van der Waals surface area contributed by atoms with Crippen molar-refractivity contribution in [2.45, 2.75) is 87.5 Å². The molecule has 0 aromatic heterocycles. The molecule has 0 aromatic carbocycles. The highest BCUT2D eigenvalue weighted by Crippen LogP contribution is 2.27. The molecule has 0 radical (unpaired) electrons. The summed E-state index contributed by atoms with van der Waals surface area (Å²) >= 11 is 0. The van der Waals surface area contributed by atoms with E-state index in [1.807, 2.05) is 6.92 Å². The van der Waals surface area contributed by atoms with Gasteiger partial charge >= 0.3 is 0 Å². The Kier molecular flexibility index (Phi) is 6.14. The molecule has 130 valence electrons. The zero-order valence-corrected chi connectivity index (χ0v) is 13.0. The summed E-state index contributed by atoms with van der Waals surface area (Å²) in [7, 11) is 0. The molecule has 2 rings (SSSR count). The average molecular weight is 318 g/mol. The molecular formula is C14H30N4O4. The molecule has 8 nitrogen and oxygen atoms in total. The normalized spacial score (nSPS) is 48.1. The van der Waals surface area contributed by atoms with Crippen LogP contribution in [0.15, 0.2) is 0 Å². The summed E-state index contributed by atoms with van der Waals surface area (Å²) in [4.78, 5) is 0. The Labute approximate surface area is 131 Å². The third-order valence-electron chi connectivity index (χ3n) is 4.77. The molecule has 0 unspecified atom stereocenters. The first-order chi connectivity index (χ1) is 10.3. The van der Waals surface area contributed by atoms with E-state index in [0.29, 0.717) is 6.42 Å². The zero-order chi connectivity index (χ0) is 16.4. The summed E-state index contributed by atoms with van der Waals surface area (Å²) in [6.07, 6.45) is -1.14. The van der Waals surface area contributed by atoms with Crippen molar-refractivity contribution < 1.29 is 19.7 Å². The van der Waals surface area contributed by atoms with E-state index in [4.69, 9.17) is 32.4 Å². The first-order valence-corrected chi connectivity index (χ1v) is 8.04. The fraction of sp³-hybridized carbons (Fsp3) is 1.00. The van der Waals surface area contributed by atoms with Crippen molar-refractivity contribution in [3.63, 3.8) is 0 Å². The summed E-state index contributed by atoms with van der Waals surface area (Å²) in [5, 5.41) is 20.1. The van der Waals surface area contributed by atoms with Gasteiger partial charge in [0.1, 0.15) is 12.2 Å². The number of aliphatic hydroxyl groups excluding tert-OH is 2. The summed E-state index contributed by atoms with van der Waals surface area (Å²) in [6, 6.07) is -1.44. The van der Waals surface area contributed by atoms with Gasteiger partial charge in [0.2, 0.25) is 0 Å². The quantitative estimate of drug-likeness (QED) is 0.337. The minimum absolute atomic E-state index is 0.0810. The maximum absolute atomic E-state index is 10.2. The molecule has 10 N–H and O–H groups in total. The van der Waals surface area contributed by atoms with Crippen molar-refractivity contribution in [1.29, 1.82) is 0 Å². The number of hydrogen-bond acceptors (Lipinski definition) is 8. The largest absolute Gasteiger partial charge is 0.389 e. The van der Waals surface area contributed by atoms with Gasteiger partial charge in [-0.2, -0.15) is 0 Å². The van der Waals surface area contributed by atoms with Gasteiger partial charge in [-0.15, -0.1) is 0 Å². The Morgan fingerprint density at radius 2 is 1.77 bits per heavy atom. The minimum Gasteiger partial charge on any atom is -0.389 e. The van der Waals surface area contributed by atoms with Gasteiger partial charge in [-0.3, -0.25) is 0 Å². The van der Waals surface area contributed by atoms with Crippen LogP contribution in [0.25, 0.3) is 0 Å². The SMILES string of the molecule is CC[C@@H](N)[C@@H]1CC[C@H](N)[C@@H](O[C@H]2[C@H](O)[C@@H](O)[C@H](N)C[C@@H]2N)O1. The smallest absolute Gasteiger partial charge is 0.173 e. The van der Waals surface area contributed by atoms with E-state index in [0.717, 1.165) is 19.3 Å². The molecule has 1 aliphatic heterocycles. The highest BCUT2D eigenvalue weighted by molar-refractivity contribution is 4.98. The van der Waals surface area contributed by atoms with Gasteiger partial charge in [-0.05, 0) is 25.7 Å². The van der Waals surface area contributed by atoms with E-state index < -0.39 is 36.7 Å². The Bertz CT molecular complexity index is 362. The van der Waals surface area contributed by atoms with E-state index in [1.54, 1.807) is 0 Å². The van der Waals surface area contributed by atoms with Crippen LogP contribution in [0.2, 0.25) is 0 Å². The van der Waals surface area contributed by atoms with Crippen LogP contribution in [-0.4, -0.2) is 65.1 Å². The molecule has 0 aromatic rings. The third-order valence-corrected chi connectivity index (χ3v) is 4.77. The van der Waals surface area contributed by atoms with Gasteiger partial charge in [0.25, 0.3) is 0 Å². The van der Waals surface area contributed by atoms with Gasteiger partial charge in [0, 0.05) is 18.1 Å². The van der Waals surface area contributed by atoms with Crippen LogP contribution in [0.3, 0.4) is 0 Å². The predicted molar refractivity (Wildman–Crippen MR) is 81.6 cm³/mol. The summed E-state index contributed by atoms with van der Waals surface area (Å²) < 4.78 is 11.7. The van der Waals surface area contributed by atoms with Crippen LogP contribution < -0.4 is 22.9 Å². The van der Waals surface area contributed by atoms with Crippen LogP contribution in [0.1, 0.15) is 32.6 Å². The lowest BCUT2D eigenvalue weighted by Gasteiger charge is -2.44. The Morgan fingerprint density at radius 1 is 1.09 bits per heavy atom. The van der Waals surface area contributed by atoms with Crippen molar-refractivity contribution >= 4 is 0 Å². The number of hydrogen-bond donors (Lipinski definition) is 6. The molecule has 22 heavy (non-hydrogen) atoms. The van der Waals surface area contributed by atoms with Gasteiger partial charge in [0.05, 0.1) is 18.2 Å². The molecule has 1 saturated carbocycles. The summed E-state index contributed by atoms with van der Waals surface area (Å²) in [5.74, 6) is 0. The molecule has 8 heteroatoms. The lowest BCUT2D eigenvalue weighted by Crippen LogP contribution is -2.64. The summed E-state index contributed by atoms with van der Waals surface area (Å²) in [6.45, 7) is 2.00. The predicted octanol–water partition coefficient (Wildman–Crippen LogP) is -2.28. The molecule has 1 aliphatic carbocycles. The van der Waals surface area contributed by atoms with Gasteiger partial charge < -0.3 is 42.6 Å². The van der Waals surface area contributed by atoms with Crippen LogP contribution in [0.4, 0.5) is 0 Å². The van der Waals surface area contributed by atoms with Gasteiger partial charge in [0.15, 0.2) is 6.29 Å². The first kappa shape index (κ1) is 18.0. The number of ether oxygens (including phenoxy) is 2. The van der Waals surface area contributed by atoms with Crippen molar-refractivity contribution in [1.82, 2.24) is 0 Å². The number of nitrogens with two attached hydrogens (primary N) is 4. The van der Waals surface area contributed by atoms with Crippen molar-refractivity contribution in [3.8, 4) is 0 Å². The monoisotopic (exact) mass is 318 g/mol. The fourth-order valence-electron chi connectivity index (χ4n) is 3.17. The van der Waals surface area contributed by atoms with Gasteiger partial charge in [-0.1, -0.05) is 6.92 Å². The van der Waals surface area contributed by atoms with Gasteiger partial charge in [-0.25, -0.2) is 0 Å². The van der Waals surface area contributed by atoms with E-state index in [2.05, 4.69) is 0 Å². The highest BCUT2D eigenvalue weighted by Gasteiger charge is 2.44. The second-order valence-electron chi connectivity index (χ2n) is 6.50. The second-order valence-corrected chi connectivity index (χ2v) is 6.50. The molecule has 1 saturated heterocycles. The number of rotatable bonds is 4. The fourth-order valence-corrected chi connectivity index (χ4v) is 3.17. The molecule has 0 amide bonds. The van der Waals surface area contributed by atoms with Crippen LogP contribution in [-0.2, 0) is 9.47 Å². The molecule has 0 spiro atoms. The molecule has 1 heterocycles. The molecule has 2 aliphatic rings. The maximum atomic E-state index is 10.2. The van der Waals surface area contributed by atoms with E-state index in [1.165, 1.54) is 0 Å². The van der Waals surface area contributed by atoms with Crippen molar-refractivity contribution in [2.75, 3.05) is 0 Å². The standard InChI is InChI=1S/C14H30N4O4/c1-2-6(15)10-4-3-7(16)14(21-10)22-13-9(18)5-8(17)11(19)12(13)20/h6-14,19-20H,2-5,15-18H2,1H3/t6-,7+,8-,9+,10+,11+,12-,13-,14-/m1/s1. The lowest BCUT2D eigenvalue weighted by molar-refractivity contribution is -0.256.